The van der Waals surface area contributed by atoms with Crippen LogP contribution in [0.4, 0.5) is 5.13 Å². The summed E-state index contributed by atoms with van der Waals surface area (Å²) in [6.45, 7) is -0.0377. The number of amides is 1. The quantitative estimate of drug-likeness (QED) is 0.418. The molecule has 0 unspecified atom stereocenters. The van der Waals surface area contributed by atoms with Crippen molar-refractivity contribution < 1.29 is 14.6 Å². The smallest absolute Gasteiger partial charge is 0.269 e. The zero-order chi connectivity index (χ0) is 20.9. The summed E-state index contributed by atoms with van der Waals surface area (Å²) in [5.41, 5.74) is 2.12. The minimum absolute atomic E-state index is 0.0377. The number of nitrogens with one attached hydrogen (secondary N) is 2. The van der Waals surface area contributed by atoms with E-state index in [0.29, 0.717) is 11.5 Å². The number of rotatable bonds is 7. The molecule has 1 atom stereocenters. The Labute approximate surface area is 177 Å². The second kappa shape index (κ2) is 8.89. The van der Waals surface area contributed by atoms with E-state index in [-0.39, 0.29) is 24.2 Å². The van der Waals surface area contributed by atoms with E-state index in [9.17, 15) is 9.90 Å². The molecule has 1 amide bonds. The SMILES string of the molecule is CNC(=O)c1cc(Oc2ccc3nc(N[C@H](CO)c4ccccc4)sc3c2)ccn1. The first-order valence-electron chi connectivity index (χ1n) is 9.35. The van der Waals surface area contributed by atoms with E-state index in [1.54, 1.807) is 19.2 Å². The number of ether oxygens (including phenoxy) is 1. The molecule has 4 aromatic rings. The van der Waals surface area contributed by atoms with Gasteiger partial charge in [0.05, 0.1) is 22.9 Å². The van der Waals surface area contributed by atoms with Crippen molar-refractivity contribution in [2.45, 2.75) is 6.04 Å². The van der Waals surface area contributed by atoms with Crippen LogP contribution in [-0.2, 0) is 0 Å². The third-order valence-electron chi connectivity index (χ3n) is 4.47. The number of benzene rings is 2. The fraction of sp³-hybridized carbons (Fsp3) is 0.136. The number of thiazole rings is 1. The maximum Gasteiger partial charge on any atom is 0.269 e. The van der Waals surface area contributed by atoms with Crippen molar-refractivity contribution in [1.82, 2.24) is 15.3 Å². The summed E-state index contributed by atoms with van der Waals surface area (Å²) in [7, 11) is 1.56. The van der Waals surface area contributed by atoms with Crippen LogP contribution in [0, 0.1) is 0 Å². The molecule has 2 heterocycles. The number of aromatic nitrogens is 2. The van der Waals surface area contributed by atoms with E-state index in [0.717, 1.165) is 20.9 Å². The summed E-state index contributed by atoms with van der Waals surface area (Å²) in [4.78, 5) is 20.4. The van der Waals surface area contributed by atoms with Crippen LogP contribution < -0.4 is 15.4 Å². The summed E-state index contributed by atoms with van der Waals surface area (Å²) in [5.74, 6) is 0.884. The van der Waals surface area contributed by atoms with Gasteiger partial charge in [-0.05, 0) is 23.8 Å². The lowest BCUT2D eigenvalue weighted by molar-refractivity contribution is 0.0958. The Kier molecular flexibility index (Phi) is 5.87. The van der Waals surface area contributed by atoms with Gasteiger partial charge in [-0.1, -0.05) is 41.7 Å². The second-order valence-corrected chi connectivity index (χ2v) is 7.53. The van der Waals surface area contributed by atoms with Crippen LogP contribution in [0.1, 0.15) is 22.1 Å². The highest BCUT2D eigenvalue weighted by Crippen LogP contribution is 2.32. The van der Waals surface area contributed by atoms with Gasteiger partial charge in [0.15, 0.2) is 5.13 Å². The number of nitrogens with zero attached hydrogens (tertiary/aromatic N) is 2. The van der Waals surface area contributed by atoms with Crippen LogP contribution in [0.2, 0.25) is 0 Å². The molecule has 7 nitrogen and oxygen atoms in total. The molecule has 8 heteroatoms. The second-order valence-electron chi connectivity index (χ2n) is 6.50. The molecular formula is C22H20N4O3S. The Bertz CT molecular complexity index is 1160. The molecule has 2 aromatic carbocycles. The van der Waals surface area contributed by atoms with Gasteiger partial charge in [0.1, 0.15) is 17.2 Å². The van der Waals surface area contributed by atoms with Crippen LogP contribution in [0.5, 0.6) is 11.5 Å². The normalized spacial score (nSPS) is 11.8. The van der Waals surface area contributed by atoms with Gasteiger partial charge in [-0.25, -0.2) is 4.98 Å². The summed E-state index contributed by atoms with van der Waals surface area (Å²) in [6.07, 6.45) is 1.53. The standard InChI is InChI=1S/C22H20N4O3S/c1-23-21(28)18-11-16(9-10-24-18)29-15-7-8-17-20(12-15)30-22(25-17)26-19(13-27)14-5-3-2-4-6-14/h2-12,19,27H,13H2,1H3,(H,23,28)(H,25,26)/t19-/m1/s1. The van der Waals surface area contributed by atoms with E-state index in [1.807, 2.05) is 48.5 Å². The number of pyridine rings is 1. The van der Waals surface area contributed by atoms with Gasteiger partial charge in [-0.2, -0.15) is 0 Å². The fourth-order valence-electron chi connectivity index (χ4n) is 2.96. The Balaban J connectivity index is 1.53. The maximum atomic E-state index is 11.8. The highest BCUT2D eigenvalue weighted by atomic mass is 32.1. The summed E-state index contributed by atoms with van der Waals surface area (Å²) < 4.78 is 6.85. The summed E-state index contributed by atoms with van der Waals surface area (Å²) in [6, 6.07) is 18.4. The molecule has 0 aliphatic carbocycles. The molecule has 0 saturated carbocycles. The number of fused-ring (bicyclic) bond motifs is 1. The Morgan fingerprint density at radius 3 is 2.70 bits per heavy atom. The van der Waals surface area contributed by atoms with Crippen molar-refractivity contribution >= 4 is 32.6 Å². The first-order valence-corrected chi connectivity index (χ1v) is 10.2. The lowest BCUT2D eigenvalue weighted by Gasteiger charge is -2.15. The van der Waals surface area contributed by atoms with Crippen molar-refractivity contribution in [3.8, 4) is 11.5 Å². The van der Waals surface area contributed by atoms with E-state index in [4.69, 9.17) is 4.74 Å². The zero-order valence-corrected chi connectivity index (χ0v) is 17.0. The number of carbonyl (C=O) groups excluding carboxylic acids is 1. The minimum atomic E-state index is -0.272. The van der Waals surface area contributed by atoms with Crippen molar-refractivity contribution in [3.05, 3.63) is 78.1 Å². The Hall–Kier alpha value is -3.49. The molecule has 30 heavy (non-hydrogen) atoms. The average Bonchev–Trinajstić information content (AvgIpc) is 3.19. The number of hydrogen-bond acceptors (Lipinski definition) is 7. The van der Waals surface area contributed by atoms with Crippen molar-refractivity contribution in [1.29, 1.82) is 0 Å². The van der Waals surface area contributed by atoms with Crippen molar-refractivity contribution in [2.75, 3.05) is 19.0 Å². The molecule has 0 saturated heterocycles. The lowest BCUT2D eigenvalue weighted by atomic mass is 10.1. The monoisotopic (exact) mass is 420 g/mol. The summed E-state index contributed by atoms with van der Waals surface area (Å²) in [5, 5.41) is 16.3. The molecule has 0 aliphatic rings. The van der Waals surface area contributed by atoms with Crippen molar-refractivity contribution in [3.63, 3.8) is 0 Å². The van der Waals surface area contributed by atoms with Crippen LogP contribution in [0.15, 0.2) is 66.9 Å². The molecule has 0 fully saturated rings. The van der Waals surface area contributed by atoms with Gasteiger partial charge >= 0.3 is 0 Å². The van der Waals surface area contributed by atoms with Gasteiger partial charge in [0.2, 0.25) is 0 Å². The lowest BCUT2D eigenvalue weighted by Crippen LogP contribution is -2.18. The number of aliphatic hydroxyl groups is 1. The van der Waals surface area contributed by atoms with Crippen LogP contribution in [0.25, 0.3) is 10.2 Å². The first kappa shape index (κ1) is 19.8. The van der Waals surface area contributed by atoms with E-state index in [1.165, 1.54) is 17.5 Å². The predicted molar refractivity (Wildman–Crippen MR) is 117 cm³/mol. The van der Waals surface area contributed by atoms with Gasteiger partial charge in [0, 0.05) is 25.4 Å². The van der Waals surface area contributed by atoms with Gasteiger partial charge < -0.3 is 20.5 Å². The molecule has 152 valence electrons. The molecule has 3 N–H and O–H groups in total. The van der Waals surface area contributed by atoms with Crippen LogP contribution >= 0.6 is 11.3 Å². The third-order valence-corrected chi connectivity index (χ3v) is 5.42. The summed E-state index contributed by atoms with van der Waals surface area (Å²) >= 11 is 1.48. The minimum Gasteiger partial charge on any atom is -0.457 e. The van der Waals surface area contributed by atoms with Crippen LogP contribution in [0.3, 0.4) is 0 Å². The van der Waals surface area contributed by atoms with Gasteiger partial charge in [0.25, 0.3) is 5.91 Å². The predicted octanol–water partition coefficient (Wildman–Crippen LogP) is 3.99. The van der Waals surface area contributed by atoms with Crippen LogP contribution in [-0.4, -0.2) is 34.6 Å². The zero-order valence-electron chi connectivity index (χ0n) is 16.2. The largest absolute Gasteiger partial charge is 0.457 e. The molecule has 2 aromatic heterocycles. The van der Waals surface area contributed by atoms with Gasteiger partial charge in [-0.3, -0.25) is 9.78 Å². The number of carbonyl (C=O) groups is 1. The molecule has 0 spiro atoms. The fourth-order valence-corrected chi connectivity index (χ4v) is 3.91. The van der Waals surface area contributed by atoms with E-state index < -0.39 is 0 Å². The topological polar surface area (TPSA) is 96.4 Å². The average molecular weight is 420 g/mol. The highest BCUT2D eigenvalue weighted by Gasteiger charge is 2.13. The van der Waals surface area contributed by atoms with Gasteiger partial charge in [-0.15, -0.1) is 0 Å². The van der Waals surface area contributed by atoms with E-state index in [2.05, 4.69) is 20.6 Å². The first-order chi connectivity index (χ1) is 14.7. The molecule has 0 radical (unpaired) electrons. The molecule has 0 bridgehead atoms. The number of hydrogen-bond donors (Lipinski definition) is 3. The Morgan fingerprint density at radius 2 is 1.93 bits per heavy atom. The molecule has 4 rings (SSSR count). The van der Waals surface area contributed by atoms with E-state index >= 15 is 0 Å². The number of aliphatic hydroxyl groups excluding tert-OH is 1. The Morgan fingerprint density at radius 1 is 1.13 bits per heavy atom. The molecule has 0 aliphatic heterocycles. The third kappa shape index (κ3) is 4.40. The molecular weight excluding hydrogens is 400 g/mol. The van der Waals surface area contributed by atoms with Crippen molar-refractivity contribution in [2.24, 2.45) is 0 Å². The number of anilines is 1. The highest BCUT2D eigenvalue weighted by molar-refractivity contribution is 7.22. The maximum absolute atomic E-state index is 11.8.